The average molecular weight is 388 g/mol. The van der Waals surface area contributed by atoms with Crippen LogP contribution in [0.2, 0.25) is 0 Å². The summed E-state index contributed by atoms with van der Waals surface area (Å²) in [5.41, 5.74) is 1.05. The third-order valence-corrected chi connectivity index (χ3v) is 6.00. The Labute approximate surface area is 164 Å². The van der Waals surface area contributed by atoms with Gasteiger partial charge in [0.05, 0.1) is 6.04 Å². The van der Waals surface area contributed by atoms with Gasteiger partial charge in [-0.15, -0.1) is 0 Å². The summed E-state index contributed by atoms with van der Waals surface area (Å²) >= 11 is 0. The monoisotopic (exact) mass is 388 g/mol. The Balaban J connectivity index is 1.69. The molecule has 7 nitrogen and oxygen atoms in total. The molecule has 1 saturated heterocycles. The minimum Gasteiger partial charge on any atom is -0.480 e. The molecule has 2 aliphatic rings. The third kappa shape index (κ3) is 4.90. The standard InChI is InChI=1S/C21H28N2O5/c24-19(25)13-23-18-8-4-7-15(18)10-12-16(20(23)26)22-17(21(27)28)11-9-14-5-2-1-3-6-14/h1-3,5-6,15-18,22H,4,7-13H2,(H,24,25)(H,27,28)/t15-,16-,17-,18-/m0/s1. The van der Waals surface area contributed by atoms with Crippen LogP contribution in [0.4, 0.5) is 0 Å². The van der Waals surface area contributed by atoms with Crippen molar-refractivity contribution in [2.24, 2.45) is 5.92 Å². The van der Waals surface area contributed by atoms with E-state index in [9.17, 15) is 24.6 Å². The molecule has 2 fully saturated rings. The van der Waals surface area contributed by atoms with Crippen molar-refractivity contribution >= 4 is 17.8 Å². The van der Waals surface area contributed by atoms with Gasteiger partial charge >= 0.3 is 11.9 Å². The Morgan fingerprint density at radius 3 is 2.54 bits per heavy atom. The lowest BCUT2D eigenvalue weighted by atomic mass is 9.97. The van der Waals surface area contributed by atoms with Gasteiger partial charge in [-0.1, -0.05) is 36.8 Å². The number of carboxylic acids is 2. The molecule has 7 heteroatoms. The lowest BCUT2D eigenvalue weighted by Gasteiger charge is -2.31. The highest BCUT2D eigenvalue weighted by Gasteiger charge is 2.42. The molecule has 4 atom stereocenters. The number of amides is 1. The van der Waals surface area contributed by atoms with Crippen LogP contribution < -0.4 is 5.32 Å². The molecule has 152 valence electrons. The van der Waals surface area contributed by atoms with E-state index in [0.717, 1.165) is 31.2 Å². The predicted octanol–water partition coefficient (Wildman–Crippen LogP) is 1.91. The molecular formula is C21H28N2O5. The summed E-state index contributed by atoms with van der Waals surface area (Å²) in [4.78, 5) is 37.6. The Morgan fingerprint density at radius 1 is 1.11 bits per heavy atom. The molecule has 0 spiro atoms. The van der Waals surface area contributed by atoms with Crippen molar-refractivity contribution < 1.29 is 24.6 Å². The molecule has 28 heavy (non-hydrogen) atoms. The highest BCUT2D eigenvalue weighted by molar-refractivity contribution is 5.86. The van der Waals surface area contributed by atoms with E-state index in [1.807, 2.05) is 30.3 Å². The van der Waals surface area contributed by atoms with Gasteiger partial charge in [0, 0.05) is 6.04 Å². The number of nitrogens with zero attached hydrogens (tertiary/aromatic N) is 1. The van der Waals surface area contributed by atoms with E-state index in [1.165, 1.54) is 4.90 Å². The smallest absolute Gasteiger partial charge is 0.323 e. The Bertz CT molecular complexity index is 708. The second kappa shape index (κ2) is 9.19. The lowest BCUT2D eigenvalue weighted by Crippen LogP contribution is -2.54. The normalized spacial score (nSPS) is 25.8. The van der Waals surface area contributed by atoms with Crippen LogP contribution in [-0.2, 0) is 20.8 Å². The molecule has 3 N–H and O–H groups in total. The molecule has 1 aromatic carbocycles. The van der Waals surface area contributed by atoms with E-state index >= 15 is 0 Å². The number of benzene rings is 1. The number of hydrogen-bond donors (Lipinski definition) is 3. The van der Waals surface area contributed by atoms with Crippen LogP contribution >= 0.6 is 0 Å². The summed E-state index contributed by atoms with van der Waals surface area (Å²) in [6, 6.07) is 8.10. The summed E-state index contributed by atoms with van der Waals surface area (Å²) < 4.78 is 0. The topological polar surface area (TPSA) is 107 Å². The number of hydrogen-bond acceptors (Lipinski definition) is 4. The maximum atomic E-state index is 13.1. The van der Waals surface area contributed by atoms with Crippen LogP contribution in [0.15, 0.2) is 30.3 Å². The summed E-state index contributed by atoms with van der Waals surface area (Å²) in [7, 11) is 0. The van der Waals surface area contributed by atoms with Crippen LogP contribution in [-0.4, -0.2) is 57.6 Å². The minimum atomic E-state index is -1.03. The molecule has 0 aromatic heterocycles. The SMILES string of the molecule is O=C(O)CN1C(=O)[C@@H](N[C@@H](CCc2ccccc2)C(=O)O)CC[C@@H]2CCC[C@@H]21. The van der Waals surface area contributed by atoms with Gasteiger partial charge in [0.1, 0.15) is 12.6 Å². The second-order valence-corrected chi connectivity index (χ2v) is 7.83. The van der Waals surface area contributed by atoms with Crippen LogP contribution in [0.3, 0.4) is 0 Å². The van der Waals surface area contributed by atoms with Crippen LogP contribution in [0.25, 0.3) is 0 Å². The van der Waals surface area contributed by atoms with Crippen LogP contribution in [0, 0.1) is 5.92 Å². The average Bonchev–Trinajstić information content (AvgIpc) is 3.09. The van der Waals surface area contributed by atoms with Gasteiger partial charge in [0.2, 0.25) is 5.91 Å². The fourth-order valence-electron chi connectivity index (χ4n) is 4.60. The maximum Gasteiger partial charge on any atom is 0.323 e. The zero-order valence-electron chi connectivity index (χ0n) is 15.9. The summed E-state index contributed by atoms with van der Waals surface area (Å²) in [5, 5.41) is 21.9. The van der Waals surface area contributed by atoms with Gasteiger partial charge < -0.3 is 15.1 Å². The van der Waals surface area contributed by atoms with E-state index in [1.54, 1.807) is 0 Å². The number of carbonyl (C=O) groups excluding carboxylic acids is 1. The molecule has 1 saturated carbocycles. The van der Waals surface area contributed by atoms with E-state index in [4.69, 9.17) is 0 Å². The first-order valence-corrected chi connectivity index (χ1v) is 10.0. The molecule has 1 aliphatic carbocycles. The first kappa shape index (κ1) is 20.3. The van der Waals surface area contributed by atoms with Crippen molar-refractivity contribution in [1.82, 2.24) is 10.2 Å². The molecular weight excluding hydrogens is 360 g/mol. The number of rotatable bonds is 8. The molecule has 0 bridgehead atoms. The van der Waals surface area contributed by atoms with Gasteiger partial charge in [0.25, 0.3) is 0 Å². The molecule has 0 unspecified atom stereocenters. The Hall–Kier alpha value is -2.41. The molecule has 1 aliphatic heterocycles. The highest BCUT2D eigenvalue weighted by Crippen LogP contribution is 2.36. The molecule has 1 heterocycles. The van der Waals surface area contributed by atoms with Crippen molar-refractivity contribution in [3.63, 3.8) is 0 Å². The zero-order chi connectivity index (χ0) is 20.1. The summed E-state index contributed by atoms with van der Waals surface area (Å²) in [6.07, 6.45) is 5.15. The quantitative estimate of drug-likeness (QED) is 0.628. The van der Waals surface area contributed by atoms with Crippen molar-refractivity contribution in [2.45, 2.75) is 63.1 Å². The number of carboxylic acid groups (broad SMARTS) is 2. The largest absolute Gasteiger partial charge is 0.480 e. The minimum absolute atomic E-state index is 0.0389. The number of nitrogens with one attached hydrogen (secondary N) is 1. The summed E-state index contributed by atoms with van der Waals surface area (Å²) in [5.74, 6) is -1.98. The van der Waals surface area contributed by atoms with Crippen molar-refractivity contribution in [3.8, 4) is 0 Å². The Morgan fingerprint density at radius 2 is 1.86 bits per heavy atom. The summed E-state index contributed by atoms with van der Waals surface area (Å²) in [6.45, 7) is -0.320. The van der Waals surface area contributed by atoms with Gasteiger partial charge in [0.15, 0.2) is 0 Å². The third-order valence-electron chi connectivity index (χ3n) is 6.00. The predicted molar refractivity (Wildman–Crippen MR) is 103 cm³/mol. The Kier molecular flexibility index (Phi) is 6.67. The van der Waals surface area contributed by atoms with E-state index < -0.39 is 24.0 Å². The second-order valence-electron chi connectivity index (χ2n) is 7.83. The fraction of sp³-hybridized carbons (Fsp3) is 0.571. The first-order valence-electron chi connectivity index (χ1n) is 10.0. The van der Waals surface area contributed by atoms with Gasteiger partial charge in [-0.25, -0.2) is 0 Å². The van der Waals surface area contributed by atoms with Crippen molar-refractivity contribution in [2.75, 3.05) is 6.54 Å². The molecule has 1 aromatic rings. The number of fused-ring (bicyclic) bond motifs is 1. The van der Waals surface area contributed by atoms with Gasteiger partial charge in [-0.3, -0.25) is 19.7 Å². The van der Waals surface area contributed by atoms with E-state index in [-0.39, 0.29) is 18.5 Å². The lowest BCUT2D eigenvalue weighted by molar-refractivity contribution is -0.148. The fourth-order valence-corrected chi connectivity index (χ4v) is 4.60. The number of aryl methyl sites for hydroxylation is 1. The van der Waals surface area contributed by atoms with Crippen molar-refractivity contribution in [1.29, 1.82) is 0 Å². The van der Waals surface area contributed by atoms with E-state index in [0.29, 0.717) is 25.2 Å². The molecule has 1 amide bonds. The van der Waals surface area contributed by atoms with Crippen molar-refractivity contribution in [3.05, 3.63) is 35.9 Å². The molecule has 3 rings (SSSR count). The van der Waals surface area contributed by atoms with Gasteiger partial charge in [-0.05, 0) is 50.0 Å². The number of aliphatic carboxylic acids is 2. The number of carbonyl (C=O) groups is 3. The molecule has 0 radical (unpaired) electrons. The highest BCUT2D eigenvalue weighted by atomic mass is 16.4. The van der Waals surface area contributed by atoms with Crippen LogP contribution in [0.1, 0.15) is 44.1 Å². The first-order chi connectivity index (χ1) is 13.5. The maximum absolute atomic E-state index is 13.1. The van der Waals surface area contributed by atoms with E-state index in [2.05, 4.69) is 5.32 Å². The van der Waals surface area contributed by atoms with Gasteiger partial charge in [-0.2, -0.15) is 0 Å². The van der Waals surface area contributed by atoms with Crippen LogP contribution in [0.5, 0.6) is 0 Å². The zero-order valence-corrected chi connectivity index (χ0v) is 15.9. The number of likely N-dealkylation sites (tertiary alicyclic amines) is 1.